The van der Waals surface area contributed by atoms with Gasteiger partial charge in [-0.2, -0.15) is 0 Å². The van der Waals surface area contributed by atoms with Crippen LogP contribution < -0.4 is 27.2 Å². The Morgan fingerprint density at radius 3 is 2.48 bits per heavy atom. The number of carbonyl (C=O) groups excluding carboxylic acids is 4. The molecule has 0 saturated heterocycles. The van der Waals surface area contributed by atoms with E-state index in [0.29, 0.717) is 48.8 Å². The van der Waals surface area contributed by atoms with Crippen LogP contribution in [-0.2, 0) is 16.1 Å². The fourth-order valence-electron chi connectivity index (χ4n) is 5.10. The van der Waals surface area contributed by atoms with Crippen LogP contribution in [0.4, 0.5) is 0 Å². The number of fused-ring (bicyclic) bond motifs is 1. The second-order valence-corrected chi connectivity index (χ2v) is 11.4. The number of imidazole rings is 1. The summed E-state index contributed by atoms with van der Waals surface area (Å²) in [5.41, 5.74) is 0.889. The molecule has 1 aliphatic rings. The number of carbonyl (C=O) groups is 4. The van der Waals surface area contributed by atoms with Crippen LogP contribution in [0.15, 0.2) is 40.1 Å². The highest BCUT2D eigenvalue weighted by Crippen LogP contribution is 2.15. The molecule has 44 heavy (non-hydrogen) atoms. The predicted octanol–water partition coefficient (Wildman–Crippen LogP) is 1.76. The lowest BCUT2D eigenvalue weighted by atomic mass is 9.98. The van der Waals surface area contributed by atoms with Crippen molar-refractivity contribution in [3.05, 3.63) is 67.4 Å². The Bertz CT molecular complexity index is 1640. The Hall–Kier alpha value is -4.39. The molecule has 2 aromatic heterocycles. The molecular weight excluding hydrogens is 590 g/mol. The van der Waals surface area contributed by atoms with Crippen molar-refractivity contribution >= 4 is 46.3 Å². The maximum atomic E-state index is 13.3. The van der Waals surface area contributed by atoms with Crippen molar-refractivity contribution in [2.24, 2.45) is 5.92 Å². The van der Waals surface area contributed by atoms with E-state index in [1.165, 1.54) is 21.7 Å². The molecule has 0 spiro atoms. The quantitative estimate of drug-likeness (QED) is 0.295. The van der Waals surface area contributed by atoms with Crippen molar-refractivity contribution < 1.29 is 19.2 Å². The van der Waals surface area contributed by atoms with Gasteiger partial charge in [0.15, 0.2) is 0 Å². The number of nitrogens with one attached hydrogen (secondary N) is 5. The SMILES string of the molecule is CC[C@H](C)[C@@H]1NC(=O)CCCN(C(=O)c2c[nH]c(=O)c(Cl)c2)CCCNC(=O)c2ccc3[nH]c(=O)n(c3c2)CCCNC1=O. The van der Waals surface area contributed by atoms with Gasteiger partial charge in [0.25, 0.3) is 17.4 Å². The number of nitrogens with zero attached hydrogens (tertiary/aromatic N) is 2. The van der Waals surface area contributed by atoms with Gasteiger partial charge >= 0.3 is 5.69 Å². The maximum absolute atomic E-state index is 13.3. The molecule has 0 saturated carbocycles. The van der Waals surface area contributed by atoms with Crippen LogP contribution in [0.3, 0.4) is 0 Å². The minimum absolute atomic E-state index is 0.0785. The summed E-state index contributed by atoms with van der Waals surface area (Å²) in [7, 11) is 0. The molecule has 4 amide bonds. The second kappa shape index (κ2) is 14.9. The van der Waals surface area contributed by atoms with E-state index in [4.69, 9.17) is 11.6 Å². The van der Waals surface area contributed by atoms with Crippen molar-refractivity contribution in [1.29, 1.82) is 0 Å². The summed E-state index contributed by atoms with van der Waals surface area (Å²) in [4.78, 5) is 83.4. The van der Waals surface area contributed by atoms with Crippen LogP contribution in [0, 0.1) is 5.92 Å². The smallest absolute Gasteiger partial charge is 0.326 e. The second-order valence-electron chi connectivity index (χ2n) is 11.0. The van der Waals surface area contributed by atoms with Crippen molar-refractivity contribution in [2.75, 3.05) is 26.2 Å². The molecule has 0 radical (unpaired) electrons. The highest BCUT2D eigenvalue weighted by molar-refractivity contribution is 6.30. The van der Waals surface area contributed by atoms with Crippen LogP contribution in [0.25, 0.3) is 11.0 Å². The zero-order chi connectivity index (χ0) is 31.8. The number of hydrogen-bond donors (Lipinski definition) is 5. The van der Waals surface area contributed by atoms with E-state index in [1.54, 1.807) is 18.2 Å². The van der Waals surface area contributed by atoms with Crippen molar-refractivity contribution in [3.8, 4) is 0 Å². The molecular formula is C30H38ClN7O6. The third-order valence-electron chi connectivity index (χ3n) is 7.82. The minimum atomic E-state index is -0.738. The Kier molecular flexibility index (Phi) is 11.0. The molecule has 4 rings (SSSR count). The zero-order valence-corrected chi connectivity index (χ0v) is 25.6. The van der Waals surface area contributed by atoms with Crippen LogP contribution in [0.5, 0.6) is 0 Å². The highest BCUT2D eigenvalue weighted by Gasteiger charge is 2.26. The summed E-state index contributed by atoms with van der Waals surface area (Å²) < 4.78 is 1.53. The van der Waals surface area contributed by atoms with Crippen LogP contribution in [-0.4, -0.2) is 75.3 Å². The molecule has 0 aliphatic carbocycles. The largest absolute Gasteiger partial charge is 0.354 e. The lowest BCUT2D eigenvalue weighted by Crippen LogP contribution is -2.50. The monoisotopic (exact) mass is 627 g/mol. The van der Waals surface area contributed by atoms with Crippen molar-refractivity contribution in [2.45, 2.75) is 58.5 Å². The van der Waals surface area contributed by atoms with Gasteiger partial charge in [-0.1, -0.05) is 31.9 Å². The zero-order valence-electron chi connectivity index (χ0n) is 24.8. The first-order valence-corrected chi connectivity index (χ1v) is 15.2. The molecule has 0 fully saturated rings. The molecule has 3 aromatic rings. The number of aromatic amines is 2. The molecule has 1 aliphatic heterocycles. The molecule has 2 atom stereocenters. The van der Waals surface area contributed by atoms with Crippen LogP contribution in [0.2, 0.25) is 5.02 Å². The van der Waals surface area contributed by atoms with E-state index in [9.17, 15) is 28.8 Å². The van der Waals surface area contributed by atoms with E-state index < -0.39 is 11.6 Å². The first kappa shape index (κ1) is 32.5. The Labute approximate surface area is 258 Å². The highest BCUT2D eigenvalue weighted by atomic mass is 35.5. The molecule has 5 N–H and O–H groups in total. The summed E-state index contributed by atoms with van der Waals surface area (Å²) in [6, 6.07) is 5.51. The average Bonchev–Trinajstić information content (AvgIpc) is 3.32. The van der Waals surface area contributed by atoms with Crippen molar-refractivity contribution in [3.63, 3.8) is 0 Å². The summed E-state index contributed by atoms with van der Waals surface area (Å²) in [5, 5.41) is 8.46. The van der Waals surface area contributed by atoms with Gasteiger partial charge in [-0.15, -0.1) is 0 Å². The summed E-state index contributed by atoms with van der Waals surface area (Å²) in [6.07, 6.45) is 3.23. The van der Waals surface area contributed by atoms with Gasteiger partial charge in [-0.3, -0.25) is 28.5 Å². The predicted molar refractivity (Wildman–Crippen MR) is 166 cm³/mol. The van der Waals surface area contributed by atoms with E-state index in [-0.39, 0.29) is 78.4 Å². The molecule has 0 unspecified atom stereocenters. The summed E-state index contributed by atoms with van der Waals surface area (Å²) >= 11 is 5.95. The van der Waals surface area contributed by atoms with Gasteiger partial charge in [0, 0.05) is 50.9 Å². The van der Waals surface area contributed by atoms with Gasteiger partial charge < -0.3 is 30.8 Å². The normalized spacial score (nSPS) is 18.7. The number of hydrogen-bond acceptors (Lipinski definition) is 6. The first-order chi connectivity index (χ1) is 21.1. The maximum Gasteiger partial charge on any atom is 0.326 e. The number of amides is 4. The number of benzene rings is 1. The van der Waals surface area contributed by atoms with E-state index in [1.807, 2.05) is 13.8 Å². The summed E-state index contributed by atoms with van der Waals surface area (Å²) in [6.45, 7) is 5.16. The lowest BCUT2D eigenvalue weighted by molar-refractivity contribution is -0.130. The minimum Gasteiger partial charge on any atom is -0.354 e. The number of rotatable bonds is 3. The first-order valence-electron chi connectivity index (χ1n) is 14.8. The third-order valence-corrected chi connectivity index (χ3v) is 8.10. The van der Waals surface area contributed by atoms with E-state index >= 15 is 0 Å². The Morgan fingerprint density at radius 2 is 1.73 bits per heavy atom. The van der Waals surface area contributed by atoms with Gasteiger partial charge in [0.05, 0.1) is 16.6 Å². The molecule has 236 valence electrons. The summed E-state index contributed by atoms with van der Waals surface area (Å²) in [5.74, 6) is -1.47. The molecule has 13 nitrogen and oxygen atoms in total. The third kappa shape index (κ3) is 7.95. The molecule has 3 heterocycles. The van der Waals surface area contributed by atoms with E-state index in [0.717, 1.165) is 0 Å². The average molecular weight is 628 g/mol. The lowest BCUT2D eigenvalue weighted by Gasteiger charge is -2.25. The van der Waals surface area contributed by atoms with Crippen LogP contribution >= 0.6 is 11.6 Å². The Balaban J connectivity index is 1.57. The molecule has 1 aromatic carbocycles. The number of halogens is 1. The number of H-pyrrole nitrogens is 2. The van der Waals surface area contributed by atoms with Crippen LogP contribution in [0.1, 0.15) is 66.7 Å². The van der Waals surface area contributed by atoms with Crippen molar-refractivity contribution in [1.82, 2.24) is 35.4 Å². The van der Waals surface area contributed by atoms with Gasteiger partial charge in [0.2, 0.25) is 11.8 Å². The number of aryl methyl sites for hydroxylation is 1. The number of aromatic nitrogens is 3. The topological polar surface area (TPSA) is 178 Å². The Morgan fingerprint density at radius 1 is 1.00 bits per heavy atom. The fraction of sp³-hybridized carbons (Fsp3) is 0.467. The van der Waals surface area contributed by atoms with Gasteiger partial charge in [-0.05, 0) is 49.4 Å². The van der Waals surface area contributed by atoms with Gasteiger partial charge in [-0.25, -0.2) is 4.79 Å². The standard InChI is InChI=1S/C30H38ClN7O6/c1-3-18(2)25-28(42)33-11-6-14-38-23-16-19(8-9-22(23)35-30(38)44)26(40)32-10-5-13-37(12-4-7-24(39)36-25)29(43)20-15-21(31)27(41)34-17-20/h8-9,15-18,25H,3-7,10-14H2,1-2H3,(H,32,40)(H,33,42)(H,34,41)(H,35,44)(H,36,39)/t18-,25-/m0/s1. The number of pyridine rings is 1. The molecule has 2 bridgehead atoms. The van der Waals surface area contributed by atoms with Gasteiger partial charge in [0.1, 0.15) is 11.1 Å². The fourth-order valence-corrected chi connectivity index (χ4v) is 5.28. The van der Waals surface area contributed by atoms with E-state index in [2.05, 4.69) is 25.9 Å². The molecule has 14 heteroatoms.